The van der Waals surface area contributed by atoms with E-state index in [0.29, 0.717) is 19.7 Å². The highest BCUT2D eigenvalue weighted by molar-refractivity contribution is 6.53. The van der Waals surface area contributed by atoms with Crippen LogP contribution in [0.1, 0.15) is 12.1 Å². The summed E-state index contributed by atoms with van der Waals surface area (Å²) in [7, 11) is 3.57. The number of hydrogen-bond donors (Lipinski definition) is 0. The van der Waals surface area contributed by atoms with Crippen molar-refractivity contribution in [3.8, 4) is 0 Å². The quantitative estimate of drug-likeness (QED) is 0.570. The van der Waals surface area contributed by atoms with Crippen LogP contribution in [0.3, 0.4) is 0 Å². The van der Waals surface area contributed by atoms with E-state index in [1.165, 1.54) is 0 Å². The van der Waals surface area contributed by atoms with Gasteiger partial charge in [-0.15, -0.1) is 0 Å². The number of methoxy groups -OCH3 is 1. The molecule has 0 unspecified atom stereocenters. The third-order valence-electron chi connectivity index (χ3n) is 2.68. The van der Waals surface area contributed by atoms with Gasteiger partial charge in [0.05, 0.1) is 6.54 Å². The molecule has 0 aromatic carbocycles. The molecule has 4 nitrogen and oxygen atoms in total. The highest BCUT2D eigenvalue weighted by Gasteiger charge is 2.20. The van der Waals surface area contributed by atoms with Gasteiger partial charge in [-0.1, -0.05) is 23.2 Å². The van der Waals surface area contributed by atoms with Gasteiger partial charge in [-0.05, 0) is 18.6 Å². The number of carbonyl (C=O) groups is 1. The van der Waals surface area contributed by atoms with E-state index in [9.17, 15) is 4.79 Å². The predicted octanol–water partition coefficient (Wildman–Crippen LogP) is 2.19. The van der Waals surface area contributed by atoms with E-state index < -0.39 is 4.84 Å². The molecule has 0 saturated heterocycles. The normalized spacial score (nSPS) is 10.9. The molecular weight excluding hydrogens is 275 g/mol. The Kier molecular flexibility index (Phi) is 6.54. The van der Waals surface area contributed by atoms with E-state index in [4.69, 9.17) is 27.9 Å². The van der Waals surface area contributed by atoms with Gasteiger partial charge in [-0.25, -0.2) is 0 Å². The van der Waals surface area contributed by atoms with Gasteiger partial charge in [0, 0.05) is 39.2 Å². The van der Waals surface area contributed by atoms with E-state index in [1.54, 1.807) is 12.0 Å². The number of ether oxygens (including phenoxy) is 1. The van der Waals surface area contributed by atoms with Crippen LogP contribution in [0.2, 0.25) is 0 Å². The van der Waals surface area contributed by atoms with Crippen LogP contribution in [-0.4, -0.2) is 40.5 Å². The maximum Gasteiger partial charge on any atom is 0.256 e. The van der Waals surface area contributed by atoms with Crippen LogP contribution in [0.5, 0.6) is 0 Å². The van der Waals surface area contributed by atoms with Crippen LogP contribution >= 0.6 is 23.2 Å². The topological polar surface area (TPSA) is 34.5 Å². The maximum atomic E-state index is 11.9. The van der Waals surface area contributed by atoms with Gasteiger partial charge in [0.15, 0.2) is 4.84 Å². The monoisotopic (exact) mass is 292 g/mol. The van der Waals surface area contributed by atoms with Crippen LogP contribution in [0.25, 0.3) is 0 Å². The van der Waals surface area contributed by atoms with Crippen LogP contribution in [0.4, 0.5) is 0 Å². The molecular formula is C12H18Cl2N2O2. The molecule has 102 valence electrons. The largest absolute Gasteiger partial charge is 0.385 e. The van der Waals surface area contributed by atoms with Crippen molar-refractivity contribution in [3.05, 3.63) is 24.0 Å². The molecule has 1 aromatic rings. The minimum atomic E-state index is -1.02. The second-order valence-corrected chi connectivity index (χ2v) is 5.11. The summed E-state index contributed by atoms with van der Waals surface area (Å²) in [4.78, 5) is 12.5. The molecule has 0 spiro atoms. The number of hydrogen-bond acceptors (Lipinski definition) is 2. The molecule has 0 radical (unpaired) electrons. The van der Waals surface area contributed by atoms with Crippen molar-refractivity contribution in [3.63, 3.8) is 0 Å². The fourth-order valence-electron chi connectivity index (χ4n) is 1.66. The van der Waals surface area contributed by atoms with E-state index in [-0.39, 0.29) is 5.91 Å². The molecule has 1 amide bonds. The number of nitrogens with zero attached hydrogens (tertiary/aromatic N) is 2. The van der Waals surface area contributed by atoms with Crippen molar-refractivity contribution in [1.29, 1.82) is 0 Å². The van der Waals surface area contributed by atoms with E-state index in [1.807, 2.05) is 29.9 Å². The van der Waals surface area contributed by atoms with Gasteiger partial charge in [-0.2, -0.15) is 0 Å². The smallest absolute Gasteiger partial charge is 0.256 e. The molecule has 6 heteroatoms. The first-order chi connectivity index (χ1) is 8.56. The van der Waals surface area contributed by atoms with Gasteiger partial charge < -0.3 is 14.2 Å². The number of amides is 1. The molecule has 18 heavy (non-hydrogen) atoms. The molecule has 1 aromatic heterocycles. The molecule has 1 heterocycles. The van der Waals surface area contributed by atoms with E-state index >= 15 is 0 Å². The molecule has 0 N–H and O–H groups in total. The molecule has 0 aliphatic carbocycles. The van der Waals surface area contributed by atoms with Gasteiger partial charge in [-0.3, -0.25) is 4.79 Å². The predicted molar refractivity (Wildman–Crippen MR) is 72.8 cm³/mol. The Morgan fingerprint density at radius 3 is 2.78 bits per heavy atom. The molecule has 0 bridgehead atoms. The summed E-state index contributed by atoms with van der Waals surface area (Å²) in [6.07, 6.45) is 2.69. The Morgan fingerprint density at radius 2 is 2.28 bits per heavy atom. The fourth-order valence-corrected chi connectivity index (χ4v) is 1.94. The molecule has 0 atom stereocenters. The number of alkyl halides is 2. The lowest BCUT2D eigenvalue weighted by Gasteiger charge is -2.23. The minimum Gasteiger partial charge on any atom is -0.385 e. The van der Waals surface area contributed by atoms with Gasteiger partial charge in [0.1, 0.15) is 0 Å². The lowest BCUT2D eigenvalue weighted by atomic mass is 10.3. The zero-order valence-electron chi connectivity index (χ0n) is 10.6. The van der Waals surface area contributed by atoms with Crippen molar-refractivity contribution in [1.82, 2.24) is 9.47 Å². The lowest BCUT2D eigenvalue weighted by molar-refractivity contribution is -0.130. The summed E-state index contributed by atoms with van der Waals surface area (Å²) < 4.78 is 6.95. The van der Waals surface area contributed by atoms with Crippen LogP contribution in [0.15, 0.2) is 18.3 Å². The number of halogens is 2. The third-order valence-corrected chi connectivity index (χ3v) is 3.05. The number of carbonyl (C=O) groups excluding carboxylic acids is 1. The van der Waals surface area contributed by atoms with Crippen LogP contribution in [0, 0.1) is 0 Å². The summed E-state index contributed by atoms with van der Waals surface area (Å²) >= 11 is 11.3. The summed E-state index contributed by atoms with van der Waals surface area (Å²) in [6.45, 7) is 1.68. The second-order valence-electron chi connectivity index (χ2n) is 4.02. The van der Waals surface area contributed by atoms with Crippen LogP contribution < -0.4 is 0 Å². The first-order valence-corrected chi connectivity index (χ1v) is 6.59. The molecule has 0 aliphatic heterocycles. The maximum absolute atomic E-state index is 11.9. The minimum absolute atomic E-state index is 0.268. The van der Waals surface area contributed by atoms with Crippen molar-refractivity contribution in [2.75, 3.05) is 20.3 Å². The summed E-state index contributed by atoms with van der Waals surface area (Å²) in [6, 6.07) is 3.90. The summed E-state index contributed by atoms with van der Waals surface area (Å²) in [5, 5.41) is 0. The molecule has 1 rings (SSSR count). The first-order valence-electron chi connectivity index (χ1n) is 5.72. The van der Waals surface area contributed by atoms with E-state index in [0.717, 1.165) is 12.1 Å². The third kappa shape index (κ3) is 4.52. The Balaban J connectivity index is 2.65. The summed E-state index contributed by atoms with van der Waals surface area (Å²) in [5.74, 6) is -0.268. The highest BCUT2D eigenvalue weighted by Crippen LogP contribution is 2.12. The Bertz CT molecular complexity index is 380. The van der Waals surface area contributed by atoms with Gasteiger partial charge in [0.2, 0.25) is 0 Å². The molecule has 0 fully saturated rings. The number of aryl methyl sites for hydroxylation is 1. The lowest BCUT2D eigenvalue weighted by Crippen LogP contribution is -2.36. The summed E-state index contributed by atoms with van der Waals surface area (Å²) in [5.41, 5.74) is 1.04. The van der Waals surface area contributed by atoms with Crippen LogP contribution in [-0.2, 0) is 23.1 Å². The second kappa shape index (κ2) is 7.67. The SMILES string of the molecule is COCCCN(Cc1cccn1C)C(=O)C(Cl)Cl. The zero-order chi connectivity index (χ0) is 13.5. The number of rotatable bonds is 7. The molecule has 0 aliphatic rings. The Morgan fingerprint density at radius 1 is 1.56 bits per heavy atom. The fraction of sp³-hybridized carbons (Fsp3) is 0.583. The van der Waals surface area contributed by atoms with Crippen molar-refractivity contribution < 1.29 is 9.53 Å². The average molecular weight is 293 g/mol. The standard InChI is InChI=1S/C12H18Cl2N2O2/c1-15-6-3-5-10(15)9-16(7-4-8-18-2)12(17)11(13)14/h3,5-6,11H,4,7-9H2,1-2H3. The Labute approximate surface area is 117 Å². The van der Waals surface area contributed by atoms with Gasteiger partial charge >= 0.3 is 0 Å². The Hall–Kier alpha value is -0.710. The first kappa shape index (κ1) is 15.3. The highest BCUT2D eigenvalue weighted by atomic mass is 35.5. The van der Waals surface area contributed by atoms with Gasteiger partial charge in [0.25, 0.3) is 5.91 Å². The average Bonchev–Trinajstić information content (AvgIpc) is 2.73. The number of aromatic nitrogens is 1. The molecule has 0 saturated carbocycles. The van der Waals surface area contributed by atoms with Crippen molar-refractivity contribution in [2.45, 2.75) is 17.8 Å². The zero-order valence-corrected chi connectivity index (χ0v) is 12.1. The van der Waals surface area contributed by atoms with Crippen molar-refractivity contribution >= 4 is 29.1 Å². The van der Waals surface area contributed by atoms with Crippen molar-refractivity contribution in [2.24, 2.45) is 7.05 Å². The van der Waals surface area contributed by atoms with E-state index in [2.05, 4.69) is 0 Å².